The van der Waals surface area contributed by atoms with Gasteiger partial charge in [-0.2, -0.15) is 0 Å². The second-order valence-corrected chi connectivity index (χ2v) is 11.5. The van der Waals surface area contributed by atoms with E-state index in [-0.39, 0.29) is 16.7 Å². The maximum atomic E-state index is 13.8. The molecule has 3 atom stereocenters. The van der Waals surface area contributed by atoms with Crippen LogP contribution in [0.5, 0.6) is 5.75 Å². The predicted molar refractivity (Wildman–Crippen MR) is 146 cm³/mol. The number of thiazole rings is 1. The molecule has 3 aromatic carbocycles. The molecule has 6 rings (SSSR count). The Labute approximate surface area is 222 Å². The zero-order valence-electron chi connectivity index (χ0n) is 20.3. The van der Waals surface area contributed by atoms with E-state index in [1.807, 2.05) is 61.5 Å². The number of benzene rings is 3. The first kappa shape index (κ1) is 23.8. The molecule has 37 heavy (non-hydrogen) atoms. The summed E-state index contributed by atoms with van der Waals surface area (Å²) in [5.74, 6) is -0.766. The number of ether oxygens (including phenoxy) is 1. The summed E-state index contributed by atoms with van der Waals surface area (Å²) >= 11 is 2.40. The van der Waals surface area contributed by atoms with Crippen molar-refractivity contribution >= 4 is 40.6 Å². The highest BCUT2D eigenvalue weighted by atomic mass is 32.2. The lowest BCUT2D eigenvalue weighted by atomic mass is 9.83. The van der Waals surface area contributed by atoms with Crippen molar-refractivity contribution in [3.05, 3.63) is 110 Å². The molecule has 0 radical (unpaired) electrons. The van der Waals surface area contributed by atoms with Crippen LogP contribution >= 0.6 is 23.1 Å². The molecule has 1 fully saturated rings. The number of carbonyl (C=O) groups is 2. The number of aryl methyl sites for hydroxylation is 2. The number of imide groups is 1. The van der Waals surface area contributed by atoms with Crippen molar-refractivity contribution in [2.24, 2.45) is 5.92 Å². The third-order valence-corrected chi connectivity index (χ3v) is 9.41. The molecule has 0 aliphatic carbocycles. The highest BCUT2D eigenvalue weighted by Gasteiger charge is 2.56. The van der Waals surface area contributed by atoms with Gasteiger partial charge >= 0.3 is 4.87 Å². The second kappa shape index (κ2) is 9.36. The number of hydrogen-bond donors (Lipinski definition) is 1. The fourth-order valence-corrected chi connectivity index (χ4v) is 7.54. The highest BCUT2D eigenvalue weighted by Crippen LogP contribution is 2.53. The van der Waals surface area contributed by atoms with Gasteiger partial charge in [-0.1, -0.05) is 77.2 Å². The zero-order valence-corrected chi connectivity index (χ0v) is 21.9. The molecule has 8 heteroatoms. The SMILES string of the molecule is Cc1ccc(N2C(=O)C3Sc4[nH]c(=O)sc4[C@H](c4ccc(OCc5ccccc5C)cc4)C3C2=O)cc1. The van der Waals surface area contributed by atoms with E-state index in [4.69, 9.17) is 4.74 Å². The average Bonchev–Trinajstić information content (AvgIpc) is 3.39. The van der Waals surface area contributed by atoms with Crippen LogP contribution in [0, 0.1) is 19.8 Å². The lowest BCUT2D eigenvalue weighted by molar-refractivity contribution is -0.122. The predicted octanol–water partition coefficient (Wildman–Crippen LogP) is 5.43. The molecule has 4 aromatic rings. The van der Waals surface area contributed by atoms with E-state index in [2.05, 4.69) is 18.0 Å². The van der Waals surface area contributed by atoms with Crippen LogP contribution in [0.2, 0.25) is 0 Å². The van der Waals surface area contributed by atoms with Crippen LogP contribution in [-0.2, 0) is 16.2 Å². The van der Waals surface area contributed by atoms with Crippen LogP contribution < -0.4 is 14.5 Å². The van der Waals surface area contributed by atoms with E-state index in [1.165, 1.54) is 22.2 Å². The molecule has 0 bridgehead atoms. The number of aromatic amines is 1. The minimum Gasteiger partial charge on any atom is -0.489 e. The minimum absolute atomic E-state index is 0.184. The van der Waals surface area contributed by atoms with Gasteiger partial charge in [0.25, 0.3) is 0 Å². The summed E-state index contributed by atoms with van der Waals surface area (Å²) in [7, 11) is 0. The lowest BCUT2D eigenvalue weighted by Gasteiger charge is -2.29. The number of nitrogens with zero attached hydrogens (tertiary/aromatic N) is 1. The third kappa shape index (κ3) is 4.20. The van der Waals surface area contributed by atoms with Crippen LogP contribution in [0.15, 0.2) is 82.6 Å². The molecule has 2 aliphatic rings. The fraction of sp³-hybridized carbons (Fsp3) is 0.207. The quantitative estimate of drug-likeness (QED) is 0.350. The Bertz CT molecular complexity index is 1560. The number of hydrogen-bond acceptors (Lipinski definition) is 6. The molecule has 6 nitrogen and oxygen atoms in total. The van der Waals surface area contributed by atoms with Crippen molar-refractivity contribution in [2.45, 2.75) is 36.6 Å². The summed E-state index contributed by atoms with van der Waals surface area (Å²) in [5, 5.41) is 0.0709. The topological polar surface area (TPSA) is 79.5 Å². The second-order valence-electron chi connectivity index (χ2n) is 9.38. The fourth-order valence-electron chi connectivity index (χ4n) is 5.03. The molecule has 2 amide bonds. The molecule has 1 saturated heterocycles. The average molecular weight is 529 g/mol. The zero-order chi connectivity index (χ0) is 25.7. The van der Waals surface area contributed by atoms with Crippen molar-refractivity contribution < 1.29 is 14.3 Å². The Balaban J connectivity index is 1.33. The monoisotopic (exact) mass is 528 g/mol. The highest BCUT2D eigenvalue weighted by molar-refractivity contribution is 8.00. The van der Waals surface area contributed by atoms with Gasteiger partial charge in [-0.3, -0.25) is 14.4 Å². The smallest absolute Gasteiger partial charge is 0.305 e. The molecule has 2 aliphatic heterocycles. The van der Waals surface area contributed by atoms with E-state index in [9.17, 15) is 14.4 Å². The van der Waals surface area contributed by atoms with Gasteiger partial charge in [0.05, 0.1) is 16.6 Å². The number of thioether (sulfide) groups is 1. The van der Waals surface area contributed by atoms with E-state index in [0.717, 1.165) is 32.9 Å². The van der Waals surface area contributed by atoms with E-state index in [0.29, 0.717) is 23.1 Å². The number of aromatic nitrogens is 1. The van der Waals surface area contributed by atoms with Gasteiger partial charge < -0.3 is 9.72 Å². The number of fused-ring (bicyclic) bond motifs is 2. The van der Waals surface area contributed by atoms with E-state index in [1.54, 1.807) is 12.1 Å². The molecule has 1 aromatic heterocycles. The summed E-state index contributed by atoms with van der Waals surface area (Å²) in [6.45, 7) is 4.48. The number of amides is 2. The summed E-state index contributed by atoms with van der Waals surface area (Å²) in [4.78, 5) is 44.4. The van der Waals surface area contributed by atoms with Gasteiger partial charge in [-0.15, -0.1) is 0 Å². The first-order valence-corrected chi connectivity index (χ1v) is 13.7. The largest absolute Gasteiger partial charge is 0.489 e. The van der Waals surface area contributed by atoms with Crippen molar-refractivity contribution in [3.63, 3.8) is 0 Å². The molecule has 1 N–H and O–H groups in total. The van der Waals surface area contributed by atoms with Crippen LogP contribution in [0.25, 0.3) is 0 Å². The molecule has 0 saturated carbocycles. The first-order valence-electron chi connectivity index (χ1n) is 12.0. The van der Waals surface area contributed by atoms with Crippen molar-refractivity contribution in [1.29, 1.82) is 0 Å². The maximum absolute atomic E-state index is 13.8. The Morgan fingerprint density at radius 3 is 2.35 bits per heavy atom. The van der Waals surface area contributed by atoms with E-state index >= 15 is 0 Å². The van der Waals surface area contributed by atoms with Gasteiger partial charge in [-0.05, 0) is 54.8 Å². The van der Waals surface area contributed by atoms with E-state index < -0.39 is 17.1 Å². The maximum Gasteiger partial charge on any atom is 0.305 e. The van der Waals surface area contributed by atoms with Crippen molar-refractivity contribution in [2.75, 3.05) is 4.90 Å². The Morgan fingerprint density at radius 1 is 0.892 bits per heavy atom. The molecule has 0 spiro atoms. The Kier molecular flexibility index (Phi) is 6.01. The Hall–Kier alpha value is -3.62. The number of H-pyrrole nitrogens is 1. The molecular formula is C29H24N2O4S2. The van der Waals surface area contributed by atoms with Crippen molar-refractivity contribution in [3.8, 4) is 5.75 Å². The number of nitrogens with one attached hydrogen (secondary N) is 1. The van der Waals surface area contributed by atoms with Gasteiger partial charge in [0, 0.05) is 10.8 Å². The number of rotatable bonds is 5. The first-order chi connectivity index (χ1) is 17.9. The molecular weight excluding hydrogens is 504 g/mol. The molecule has 3 heterocycles. The van der Waals surface area contributed by atoms with Crippen molar-refractivity contribution in [1.82, 2.24) is 4.98 Å². The van der Waals surface area contributed by atoms with Crippen LogP contribution in [0.3, 0.4) is 0 Å². The summed E-state index contributed by atoms with van der Waals surface area (Å²) < 4.78 is 6.01. The summed E-state index contributed by atoms with van der Waals surface area (Å²) in [6, 6.07) is 23.1. The number of anilines is 1. The van der Waals surface area contributed by atoms with Gasteiger partial charge in [0.15, 0.2) is 0 Å². The number of carbonyl (C=O) groups excluding carboxylic acids is 2. The lowest BCUT2D eigenvalue weighted by Crippen LogP contribution is -2.32. The molecule has 186 valence electrons. The summed E-state index contributed by atoms with van der Waals surface area (Å²) in [6.07, 6.45) is 0. The third-order valence-electron chi connectivity index (χ3n) is 7.01. The van der Waals surface area contributed by atoms with Crippen LogP contribution in [0.4, 0.5) is 5.69 Å². The molecule has 2 unspecified atom stereocenters. The van der Waals surface area contributed by atoms with Gasteiger partial charge in [0.1, 0.15) is 17.6 Å². The van der Waals surface area contributed by atoms with Crippen LogP contribution in [0.1, 0.15) is 33.0 Å². The van der Waals surface area contributed by atoms with Gasteiger partial charge in [-0.25, -0.2) is 4.90 Å². The van der Waals surface area contributed by atoms with Gasteiger partial charge in [0.2, 0.25) is 11.8 Å². The summed E-state index contributed by atoms with van der Waals surface area (Å²) in [5.41, 5.74) is 4.79. The van der Waals surface area contributed by atoms with Crippen LogP contribution in [-0.4, -0.2) is 22.0 Å². The minimum atomic E-state index is -0.603. The normalized spacial score (nSPS) is 20.6. The standard InChI is InChI=1S/C29H24N2O4S2/c1-16-7-11-20(12-8-16)31-27(32)23-22(24-26(30-29(34)37-24)36-25(23)28(31)33)18-9-13-21(14-10-18)35-15-19-6-4-3-5-17(19)2/h3-14,22-23,25H,15H2,1-2H3,(H,30,34)/t22-,23?,25?/m1/s1. The Morgan fingerprint density at radius 2 is 1.62 bits per heavy atom.